The highest BCUT2D eigenvalue weighted by Gasteiger charge is 2.17. The number of hydrogen-bond acceptors (Lipinski definition) is 6. The number of ether oxygens (including phenoxy) is 2. The van der Waals surface area contributed by atoms with Gasteiger partial charge in [0.15, 0.2) is 11.5 Å². The number of aromatic nitrogens is 2. The monoisotopic (exact) mass is 446 g/mol. The number of benzene rings is 2. The second-order valence-electron chi connectivity index (χ2n) is 8.00. The molecule has 3 aromatic rings. The van der Waals surface area contributed by atoms with Crippen molar-refractivity contribution in [2.24, 2.45) is 0 Å². The topological polar surface area (TPSA) is 59.8 Å². The number of hydrogen-bond donors (Lipinski definition) is 0. The summed E-state index contributed by atoms with van der Waals surface area (Å²) >= 11 is 0. The van der Waals surface area contributed by atoms with Crippen LogP contribution in [0.3, 0.4) is 0 Å². The Bertz CT molecular complexity index is 1140. The zero-order valence-corrected chi connectivity index (χ0v) is 19.2. The lowest BCUT2D eigenvalue weighted by Gasteiger charge is -2.34. The molecule has 172 valence electrons. The average Bonchev–Trinajstić information content (AvgIpc) is 2.86. The summed E-state index contributed by atoms with van der Waals surface area (Å²) in [6.45, 7) is 5.12. The molecule has 1 aliphatic heterocycles. The molecular formula is C26H30N4O3. The van der Waals surface area contributed by atoms with Gasteiger partial charge >= 0.3 is 0 Å². The van der Waals surface area contributed by atoms with E-state index in [2.05, 4.69) is 51.3 Å². The molecule has 0 bridgehead atoms. The van der Waals surface area contributed by atoms with E-state index in [1.807, 2.05) is 24.3 Å². The Labute approximate surface area is 194 Å². The van der Waals surface area contributed by atoms with Crippen molar-refractivity contribution >= 4 is 6.08 Å². The fourth-order valence-electron chi connectivity index (χ4n) is 3.90. The van der Waals surface area contributed by atoms with Gasteiger partial charge in [-0.15, -0.1) is 0 Å². The van der Waals surface area contributed by atoms with Crippen LogP contribution in [-0.2, 0) is 6.67 Å². The van der Waals surface area contributed by atoms with Gasteiger partial charge < -0.3 is 9.47 Å². The van der Waals surface area contributed by atoms with Gasteiger partial charge in [0.25, 0.3) is 5.56 Å². The summed E-state index contributed by atoms with van der Waals surface area (Å²) in [5.41, 5.74) is 2.71. The zero-order chi connectivity index (χ0) is 23.0. The van der Waals surface area contributed by atoms with Gasteiger partial charge in [-0.05, 0) is 29.8 Å². The summed E-state index contributed by atoms with van der Waals surface area (Å²) in [4.78, 5) is 17.1. The van der Waals surface area contributed by atoms with Gasteiger partial charge in [-0.3, -0.25) is 14.6 Å². The van der Waals surface area contributed by atoms with Crippen molar-refractivity contribution < 1.29 is 9.47 Å². The fraction of sp³-hybridized carbons (Fsp3) is 0.308. The summed E-state index contributed by atoms with van der Waals surface area (Å²) < 4.78 is 12.2. The maximum Gasteiger partial charge on any atom is 0.268 e. The molecule has 0 spiro atoms. The summed E-state index contributed by atoms with van der Waals surface area (Å²) in [5.74, 6) is 1.29. The molecule has 1 saturated heterocycles. The van der Waals surface area contributed by atoms with Crippen molar-refractivity contribution in [3.05, 3.63) is 82.7 Å². The molecule has 1 fully saturated rings. The van der Waals surface area contributed by atoms with E-state index in [4.69, 9.17) is 9.47 Å². The van der Waals surface area contributed by atoms with E-state index in [1.165, 1.54) is 10.2 Å². The molecule has 2 aromatic carbocycles. The minimum absolute atomic E-state index is 0.104. The molecule has 0 aliphatic carbocycles. The van der Waals surface area contributed by atoms with Crippen LogP contribution in [0.4, 0.5) is 0 Å². The maximum absolute atomic E-state index is 12.4. The molecule has 0 amide bonds. The van der Waals surface area contributed by atoms with Crippen LogP contribution in [0, 0.1) is 0 Å². The van der Waals surface area contributed by atoms with Crippen molar-refractivity contribution in [1.82, 2.24) is 19.6 Å². The van der Waals surface area contributed by atoms with Crippen molar-refractivity contribution in [1.29, 1.82) is 0 Å². The smallest absolute Gasteiger partial charge is 0.268 e. The fourth-order valence-corrected chi connectivity index (χ4v) is 3.90. The standard InChI is InChI=1S/C26H30N4O3/c1-32-24-12-10-22(19-25(24)33-2)23-11-13-26(31)30(27-23)20-29-17-15-28(16-18-29)14-6-9-21-7-4-3-5-8-21/h3-13,19H,14-18,20H2,1-2H3/b9-6+. The maximum atomic E-state index is 12.4. The van der Waals surface area contributed by atoms with Crippen molar-refractivity contribution in [3.8, 4) is 22.8 Å². The van der Waals surface area contributed by atoms with Crippen LogP contribution in [0.5, 0.6) is 11.5 Å². The molecule has 0 N–H and O–H groups in total. The SMILES string of the molecule is COc1ccc(-c2ccc(=O)n(CN3CCN(C/C=C/c4ccccc4)CC3)n2)cc1OC. The molecule has 2 heterocycles. The summed E-state index contributed by atoms with van der Waals surface area (Å²) in [5, 5.41) is 4.61. The zero-order valence-electron chi connectivity index (χ0n) is 19.2. The third kappa shape index (κ3) is 5.88. The van der Waals surface area contributed by atoms with Crippen molar-refractivity contribution in [3.63, 3.8) is 0 Å². The van der Waals surface area contributed by atoms with Crippen LogP contribution in [0.2, 0.25) is 0 Å². The summed E-state index contributed by atoms with van der Waals surface area (Å²) in [6.07, 6.45) is 4.37. The van der Waals surface area contributed by atoms with Gasteiger partial charge in [0.2, 0.25) is 0 Å². The molecule has 7 heteroatoms. The molecule has 0 atom stereocenters. The van der Waals surface area contributed by atoms with Crippen molar-refractivity contribution in [2.45, 2.75) is 6.67 Å². The highest BCUT2D eigenvalue weighted by atomic mass is 16.5. The van der Waals surface area contributed by atoms with E-state index in [0.717, 1.165) is 44.0 Å². The second-order valence-corrected chi connectivity index (χ2v) is 8.00. The highest BCUT2D eigenvalue weighted by molar-refractivity contribution is 5.63. The normalized spacial score (nSPS) is 15.1. The van der Waals surface area contributed by atoms with E-state index in [0.29, 0.717) is 18.2 Å². The second kappa shape index (κ2) is 10.9. The van der Waals surface area contributed by atoms with Crippen LogP contribution in [0.25, 0.3) is 17.3 Å². The van der Waals surface area contributed by atoms with Crippen LogP contribution < -0.4 is 15.0 Å². The summed E-state index contributed by atoms with van der Waals surface area (Å²) in [6, 6.07) is 19.3. The number of nitrogens with zero attached hydrogens (tertiary/aromatic N) is 4. The number of rotatable bonds is 8. The largest absolute Gasteiger partial charge is 0.493 e. The average molecular weight is 447 g/mol. The Hall–Kier alpha value is -3.42. The predicted octanol–water partition coefficient (Wildman–Crippen LogP) is 3.22. The molecule has 0 saturated carbocycles. The molecule has 0 unspecified atom stereocenters. The van der Waals surface area contributed by atoms with Crippen LogP contribution >= 0.6 is 0 Å². The van der Waals surface area contributed by atoms with Gasteiger partial charge in [-0.1, -0.05) is 42.5 Å². The van der Waals surface area contributed by atoms with Crippen molar-refractivity contribution in [2.75, 3.05) is 46.9 Å². The van der Waals surface area contributed by atoms with Gasteiger partial charge in [-0.25, -0.2) is 4.68 Å². The molecule has 0 radical (unpaired) electrons. The first-order chi connectivity index (χ1) is 16.2. The number of methoxy groups -OCH3 is 2. The first-order valence-corrected chi connectivity index (χ1v) is 11.1. The van der Waals surface area contributed by atoms with Gasteiger partial charge in [0.05, 0.1) is 26.6 Å². The predicted molar refractivity (Wildman–Crippen MR) is 131 cm³/mol. The molecular weight excluding hydrogens is 416 g/mol. The van der Waals surface area contributed by atoms with Crippen LogP contribution in [0.1, 0.15) is 5.56 Å². The first kappa shape index (κ1) is 22.8. The van der Waals surface area contributed by atoms with Crippen LogP contribution in [0.15, 0.2) is 71.5 Å². The number of piperazine rings is 1. The first-order valence-electron chi connectivity index (χ1n) is 11.1. The van der Waals surface area contributed by atoms with Crippen LogP contribution in [-0.4, -0.2) is 66.5 Å². The molecule has 33 heavy (non-hydrogen) atoms. The molecule has 1 aromatic heterocycles. The minimum Gasteiger partial charge on any atom is -0.493 e. The van der Waals surface area contributed by atoms with E-state index < -0.39 is 0 Å². The Morgan fingerprint density at radius 1 is 0.879 bits per heavy atom. The van der Waals surface area contributed by atoms with Gasteiger partial charge in [0, 0.05) is 44.4 Å². The minimum atomic E-state index is -0.104. The third-order valence-corrected chi connectivity index (χ3v) is 5.82. The Morgan fingerprint density at radius 3 is 2.33 bits per heavy atom. The Balaban J connectivity index is 1.36. The van der Waals surface area contributed by atoms with Gasteiger partial charge in [0.1, 0.15) is 0 Å². The summed E-state index contributed by atoms with van der Waals surface area (Å²) in [7, 11) is 3.21. The van der Waals surface area contributed by atoms with Gasteiger partial charge in [-0.2, -0.15) is 5.10 Å². The Kier molecular flexibility index (Phi) is 7.55. The van der Waals surface area contributed by atoms with E-state index in [-0.39, 0.29) is 5.56 Å². The third-order valence-electron chi connectivity index (χ3n) is 5.82. The molecule has 4 rings (SSSR count). The van der Waals surface area contributed by atoms with E-state index in [9.17, 15) is 4.79 Å². The molecule has 7 nitrogen and oxygen atoms in total. The lowest BCUT2D eigenvalue weighted by atomic mass is 10.1. The quantitative estimate of drug-likeness (QED) is 0.530. The lowest BCUT2D eigenvalue weighted by molar-refractivity contribution is 0.109. The Morgan fingerprint density at radius 2 is 1.61 bits per heavy atom. The lowest BCUT2D eigenvalue weighted by Crippen LogP contribution is -2.47. The van der Waals surface area contributed by atoms with E-state index in [1.54, 1.807) is 26.4 Å². The molecule has 1 aliphatic rings. The highest BCUT2D eigenvalue weighted by Crippen LogP contribution is 2.31. The van der Waals surface area contributed by atoms with E-state index >= 15 is 0 Å².